The number of hydrogen-bond donors (Lipinski definition) is 1. The molecule has 2 aromatic rings. The van der Waals surface area contributed by atoms with E-state index in [0.717, 1.165) is 0 Å². The monoisotopic (exact) mass is 145 g/mol. The van der Waals surface area contributed by atoms with Gasteiger partial charge < -0.3 is 4.98 Å². The Labute approximate surface area is 66.7 Å². The minimum absolute atomic E-state index is 1.88. The average molecular weight is 145 g/mol. The van der Waals surface area contributed by atoms with Crippen LogP contribution in [-0.2, 0) is 0 Å². The summed E-state index contributed by atoms with van der Waals surface area (Å²) >= 11 is 0. The summed E-state index contributed by atoms with van der Waals surface area (Å²) in [6.45, 7) is 0. The van der Waals surface area contributed by atoms with Gasteiger partial charge in [0.1, 0.15) is 0 Å². The number of rotatable bonds is 0. The molecule has 0 radical (unpaired) electrons. The molecule has 1 heteroatoms. The molecule has 0 aliphatic carbocycles. The molecule has 0 aliphatic rings. The summed E-state index contributed by atoms with van der Waals surface area (Å²) in [4.78, 5) is 2.86. The van der Waals surface area contributed by atoms with Crippen molar-refractivity contribution in [3.8, 4) is 0 Å². The van der Waals surface area contributed by atoms with Crippen LogP contribution in [0.15, 0.2) is 60.9 Å². The lowest BCUT2D eigenvalue weighted by molar-refractivity contribution is 1.42. The molecule has 0 aliphatic heterocycles. The molecule has 1 nitrogen and oxygen atoms in total. The van der Waals surface area contributed by atoms with Gasteiger partial charge in [0.25, 0.3) is 0 Å². The third-order valence-electron chi connectivity index (χ3n) is 1.16. The van der Waals surface area contributed by atoms with Gasteiger partial charge in [-0.05, 0) is 12.1 Å². The zero-order valence-corrected chi connectivity index (χ0v) is 6.27. The predicted molar refractivity (Wildman–Crippen MR) is 47.2 cm³/mol. The Morgan fingerprint density at radius 3 is 1.00 bits per heavy atom. The van der Waals surface area contributed by atoms with Crippen molar-refractivity contribution < 1.29 is 0 Å². The third kappa shape index (κ3) is 3.98. The second-order valence-corrected chi connectivity index (χ2v) is 2.04. The molecule has 2 rings (SSSR count). The maximum Gasteiger partial charge on any atom is 0.000496 e. The molecule has 56 valence electrons. The highest BCUT2D eigenvalue weighted by Crippen LogP contribution is 1.79. The van der Waals surface area contributed by atoms with Crippen LogP contribution < -0.4 is 0 Å². The van der Waals surface area contributed by atoms with Gasteiger partial charge in [-0.2, -0.15) is 0 Å². The molecule has 11 heavy (non-hydrogen) atoms. The van der Waals surface area contributed by atoms with Gasteiger partial charge in [0.05, 0.1) is 0 Å². The largest absolute Gasteiger partial charge is 0.368 e. The van der Waals surface area contributed by atoms with Gasteiger partial charge in [-0.25, -0.2) is 0 Å². The van der Waals surface area contributed by atoms with E-state index in [1.54, 1.807) is 0 Å². The van der Waals surface area contributed by atoms with Crippen LogP contribution >= 0.6 is 0 Å². The molecule has 0 unspecified atom stereocenters. The zero-order chi connectivity index (χ0) is 7.78. The molecule has 0 bridgehead atoms. The second kappa shape index (κ2) is 5.30. The number of aromatic nitrogens is 1. The number of aromatic amines is 1. The molecular weight excluding hydrogens is 134 g/mol. The van der Waals surface area contributed by atoms with Crippen LogP contribution in [0.2, 0.25) is 0 Å². The first kappa shape index (κ1) is 7.61. The lowest BCUT2D eigenvalue weighted by Crippen LogP contribution is -1.47. The van der Waals surface area contributed by atoms with Crippen LogP contribution in [-0.4, -0.2) is 4.98 Å². The summed E-state index contributed by atoms with van der Waals surface area (Å²) in [7, 11) is 0. The summed E-state index contributed by atoms with van der Waals surface area (Å²) in [5, 5.41) is 0. The Morgan fingerprint density at radius 2 is 0.818 bits per heavy atom. The maximum absolute atomic E-state index is 2.86. The van der Waals surface area contributed by atoms with E-state index < -0.39 is 0 Å². The molecule has 0 spiro atoms. The number of H-pyrrole nitrogens is 1. The lowest BCUT2D eigenvalue weighted by atomic mass is 10.4. The topological polar surface area (TPSA) is 15.8 Å². The van der Waals surface area contributed by atoms with Gasteiger partial charge in [-0.15, -0.1) is 0 Å². The fourth-order valence-electron chi connectivity index (χ4n) is 0.663. The smallest absolute Gasteiger partial charge is 0.000496 e. The molecule has 1 aromatic heterocycles. The number of nitrogens with one attached hydrogen (secondary N) is 1. The predicted octanol–water partition coefficient (Wildman–Crippen LogP) is 2.70. The van der Waals surface area contributed by atoms with Gasteiger partial charge in [-0.3, -0.25) is 0 Å². The van der Waals surface area contributed by atoms with Gasteiger partial charge >= 0.3 is 0 Å². The number of benzene rings is 1. The standard InChI is InChI=1S/C6H6.C4H5N/c1-2-4-6-5-3-1;1-2-4-5-3-1/h1-6H;1-5H. The van der Waals surface area contributed by atoms with Crippen molar-refractivity contribution in [2.75, 3.05) is 0 Å². The molecule has 0 fully saturated rings. The van der Waals surface area contributed by atoms with Crippen molar-refractivity contribution in [3.05, 3.63) is 60.9 Å². The van der Waals surface area contributed by atoms with E-state index in [0.29, 0.717) is 0 Å². The third-order valence-corrected chi connectivity index (χ3v) is 1.16. The average Bonchev–Trinajstić information content (AvgIpc) is 2.64. The van der Waals surface area contributed by atoms with Gasteiger partial charge in [0, 0.05) is 12.4 Å². The van der Waals surface area contributed by atoms with E-state index in [-0.39, 0.29) is 0 Å². The highest BCUT2D eigenvalue weighted by molar-refractivity contribution is 4.99. The molecule has 1 N–H and O–H groups in total. The van der Waals surface area contributed by atoms with E-state index in [4.69, 9.17) is 0 Å². The summed E-state index contributed by atoms with van der Waals surface area (Å²) in [5.74, 6) is 0. The molecule has 0 saturated heterocycles. The quantitative estimate of drug-likeness (QED) is 0.586. The van der Waals surface area contributed by atoms with E-state index in [2.05, 4.69) is 4.98 Å². The molecule has 1 aromatic carbocycles. The Balaban J connectivity index is 0.000000112. The summed E-state index contributed by atoms with van der Waals surface area (Å²) in [6.07, 6.45) is 3.75. The minimum Gasteiger partial charge on any atom is -0.368 e. The van der Waals surface area contributed by atoms with Crippen LogP contribution in [0.1, 0.15) is 0 Å². The van der Waals surface area contributed by atoms with Gasteiger partial charge in [-0.1, -0.05) is 36.4 Å². The zero-order valence-electron chi connectivity index (χ0n) is 6.27. The van der Waals surface area contributed by atoms with Crippen molar-refractivity contribution in [2.24, 2.45) is 0 Å². The summed E-state index contributed by atoms with van der Waals surface area (Å²) in [6, 6.07) is 15.9. The fraction of sp³-hybridized carbons (Fsp3) is 0. The number of hydrogen-bond acceptors (Lipinski definition) is 0. The van der Waals surface area contributed by atoms with Crippen molar-refractivity contribution in [1.82, 2.24) is 4.98 Å². The molecular formula is C10H11N. The fourth-order valence-corrected chi connectivity index (χ4v) is 0.663. The first-order chi connectivity index (χ1) is 5.50. The van der Waals surface area contributed by atoms with Crippen molar-refractivity contribution >= 4 is 0 Å². The Morgan fingerprint density at radius 1 is 0.455 bits per heavy atom. The van der Waals surface area contributed by atoms with Crippen LogP contribution in [0.25, 0.3) is 0 Å². The van der Waals surface area contributed by atoms with Gasteiger partial charge in [0.15, 0.2) is 0 Å². The van der Waals surface area contributed by atoms with Crippen LogP contribution in [0, 0.1) is 0 Å². The SMILES string of the molecule is c1cc[nH]c1.c1ccccc1. The Bertz CT molecular complexity index is 191. The molecule has 1 heterocycles. The van der Waals surface area contributed by atoms with E-state index >= 15 is 0 Å². The van der Waals surface area contributed by atoms with Crippen LogP contribution in [0.5, 0.6) is 0 Å². The molecule has 0 saturated carbocycles. The minimum atomic E-state index is 1.88. The Kier molecular flexibility index (Phi) is 3.66. The van der Waals surface area contributed by atoms with Crippen molar-refractivity contribution in [3.63, 3.8) is 0 Å². The lowest BCUT2D eigenvalue weighted by Gasteiger charge is -1.69. The normalized spacial score (nSPS) is 8.00. The van der Waals surface area contributed by atoms with E-state index in [1.807, 2.05) is 60.9 Å². The van der Waals surface area contributed by atoms with E-state index in [1.165, 1.54) is 0 Å². The summed E-state index contributed by atoms with van der Waals surface area (Å²) < 4.78 is 0. The van der Waals surface area contributed by atoms with Crippen molar-refractivity contribution in [1.29, 1.82) is 0 Å². The van der Waals surface area contributed by atoms with Gasteiger partial charge in [0.2, 0.25) is 0 Å². The van der Waals surface area contributed by atoms with E-state index in [9.17, 15) is 0 Å². The molecule has 0 amide bonds. The first-order valence-electron chi connectivity index (χ1n) is 3.58. The first-order valence-corrected chi connectivity index (χ1v) is 3.58. The molecule has 0 atom stereocenters. The van der Waals surface area contributed by atoms with Crippen molar-refractivity contribution in [2.45, 2.75) is 0 Å². The summed E-state index contributed by atoms with van der Waals surface area (Å²) in [5.41, 5.74) is 0. The second-order valence-electron chi connectivity index (χ2n) is 2.04. The van der Waals surface area contributed by atoms with Crippen LogP contribution in [0.4, 0.5) is 0 Å². The Hall–Kier alpha value is -1.50. The highest BCUT2D eigenvalue weighted by atomic mass is 14.6. The van der Waals surface area contributed by atoms with Crippen LogP contribution in [0.3, 0.4) is 0 Å². The maximum atomic E-state index is 2.86. The highest BCUT2D eigenvalue weighted by Gasteiger charge is 1.58.